The topological polar surface area (TPSA) is 282 Å². The van der Waals surface area contributed by atoms with Crippen LogP contribution in [0.1, 0.15) is 20.7 Å². The molecule has 2 heterocycles. The predicted octanol–water partition coefficient (Wildman–Crippen LogP) is 0.964. The molecule has 2 amide bonds. The van der Waals surface area contributed by atoms with Crippen molar-refractivity contribution < 1.29 is 69.4 Å². The number of benzene rings is 4. The van der Waals surface area contributed by atoms with Gasteiger partial charge in [0.1, 0.15) is 60.3 Å². The van der Waals surface area contributed by atoms with Gasteiger partial charge >= 0.3 is 0 Å². The summed E-state index contributed by atoms with van der Waals surface area (Å²) in [4.78, 5) is 25.7. The number of aliphatic hydroxyl groups is 8. The molecule has 10 N–H and O–H groups in total. The van der Waals surface area contributed by atoms with Crippen LogP contribution in [-0.2, 0) is 9.47 Å². The standard InChI is InChI=1S/C38H40N4O14/c43-17-27-29(45)31(47)33(49)37(55-27)53-25-13-9-21(10-14-25)39-35(51)19-1-5-23(6-2-19)41-42-24-7-3-20(4-8-24)36(52)40-22-11-15-26(16-12-22)54-38-34(50)32(48)30(46)28(18-44)56-38/h1-16,27-34,37-38,43-50H,17-18H2,(H,39,51)(H,40,52)/t27-,28-,29-,30-,31+,32+,33-,34-,37+,38+/m1/s1. The van der Waals surface area contributed by atoms with E-state index in [1.54, 1.807) is 72.8 Å². The molecule has 18 nitrogen and oxygen atoms in total. The number of azo groups is 1. The van der Waals surface area contributed by atoms with E-state index in [0.717, 1.165) is 0 Å². The van der Waals surface area contributed by atoms with Gasteiger partial charge in [-0.25, -0.2) is 0 Å². The van der Waals surface area contributed by atoms with Gasteiger partial charge in [-0.05, 0) is 97.1 Å². The Hall–Kier alpha value is -5.38. The molecule has 0 aromatic heterocycles. The molecule has 2 fully saturated rings. The zero-order valence-corrected chi connectivity index (χ0v) is 29.3. The third-order valence-corrected chi connectivity index (χ3v) is 8.97. The Morgan fingerprint density at radius 2 is 0.839 bits per heavy atom. The summed E-state index contributed by atoms with van der Waals surface area (Å²) in [6, 6.07) is 25.0. The van der Waals surface area contributed by atoms with E-state index in [0.29, 0.717) is 33.9 Å². The van der Waals surface area contributed by atoms with Gasteiger partial charge in [-0.3, -0.25) is 9.59 Å². The maximum absolute atomic E-state index is 12.8. The number of ether oxygens (including phenoxy) is 4. The third kappa shape index (κ3) is 9.52. The summed E-state index contributed by atoms with van der Waals surface area (Å²) in [7, 11) is 0. The number of hydrogen-bond acceptors (Lipinski definition) is 16. The molecule has 0 radical (unpaired) electrons. The summed E-state index contributed by atoms with van der Waals surface area (Å²) < 4.78 is 21.8. The van der Waals surface area contributed by atoms with Gasteiger partial charge in [0.25, 0.3) is 11.8 Å². The maximum Gasteiger partial charge on any atom is 0.255 e. The summed E-state index contributed by atoms with van der Waals surface area (Å²) in [5, 5.41) is 92.7. The van der Waals surface area contributed by atoms with Gasteiger partial charge in [-0.2, -0.15) is 10.2 Å². The van der Waals surface area contributed by atoms with E-state index in [1.165, 1.54) is 24.3 Å². The molecule has 296 valence electrons. The number of nitrogens with one attached hydrogen (secondary N) is 2. The van der Waals surface area contributed by atoms with Crippen LogP contribution in [-0.4, -0.2) is 127 Å². The van der Waals surface area contributed by atoms with Crippen LogP contribution in [0.15, 0.2) is 107 Å². The van der Waals surface area contributed by atoms with Crippen molar-refractivity contribution in [3.05, 3.63) is 108 Å². The molecular formula is C38H40N4O14. The van der Waals surface area contributed by atoms with Crippen LogP contribution in [0.2, 0.25) is 0 Å². The average Bonchev–Trinajstić information content (AvgIpc) is 3.22. The van der Waals surface area contributed by atoms with Crippen LogP contribution in [0.4, 0.5) is 22.7 Å². The highest BCUT2D eigenvalue weighted by Crippen LogP contribution is 2.28. The second kappa shape index (κ2) is 18.0. The second-order valence-corrected chi connectivity index (χ2v) is 12.9. The van der Waals surface area contributed by atoms with Crippen molar-refractivity contribution in [1.82, 2.24) is 0 Å². The van der Waals surface area contributed by atoms with Gasteiger partial charge in [-0.15, -0.1) is 0 Å². The number of anilines is 2. The molecular weight excluding hydrogens is 736 g/mol. The summed E-state index contributed by atoms with van der Waals surface area (Å²) in [6.45, 7) is -1.17. The Morgan fingerprint density at radius 1 is 0.500 bits per heavy atom. The Balaban J connectivity index is 0.963. The number of hydrogen-bond donors (Lipinski definition) is 10. The van der Waals surface area contributed by atoms with E-state index >= 15 is 0 Å². The van der Waals surface area contributed by atoms with Gasteiger partial charge in [0.05, 0.1) is 24.6 Å². The van der Waals surface area contributed by atoms with E-state index in [-0.39, 0.29) is 11.5 Å². The van der Waals surface area contributed by atoms with Crippen LogP contribution in [0.25, 0.3) is 0 Å². The van der Waals surface area contributed by atoms with Crippen molar-refractivity contribution in [2.45, 2.75) is 61.4 Å². The first-order chi connectivity index (χ1) is 26.9. The van der Waals surface area contributed by atoms with E-state index < -0.39 is 86.4 Å². The number of carbonyl (C=O) groups is 2. The van der Waals surface area contributed by atoms with E-state index in [4.69, 9.17) is 18.9 Å². The summed E-state index contributed by atoms with van der Waals surface area (Å²) in [6.07, 6.45) is -14.2. The number of aliphatic hydroxyl groups excluding tert-OH is 8. The number of nitrogens with zero attached hydrogens (tertiary/aromatic N) is 2. The molecule has 0 saturated carbocycles. The quantitative estimate of drug-likeness (QED) is 0.0898. The molecule has 0 bridgehead atoms. The summed E-state index contributed by atoms with van der Waals surface area (Å²) in [5.74, 6) is -0.313. The molecule has 0 unspecified atom stereocenters. The lowest BCUT2D eigenvalue weighted by atomic mass is 9.99. The van der Waals surface area contributed by atoms with E-state index in [9.17, 15) is 50.4 Å². The smallest absolute Gasteiger partial charge is 0.255 e. The molecule has 4 aromatic rings. The Labute approximate surface area is 318 Å². The van der Waals surface area contributed by atoms with Crippen molar-refractivity contribution in [3.8, 4) is 11.5 Å². The SMILES string of the molecule is O=C(Nc1ccc(O[C@H]2O[C@H](CO)[C@@H](O)[C@H](O)[C@H]2O)cc1)c1ccc(N=Nc2ccc(C(=O)Nc3ccc(O[C@H]4O[C@H](CO)[C@@H](O)[C@H](O)[C@H]4O)cc3)cc2)cc1. The molecule has 4 aromatic carbocycles. The van der Waals surface area contributed by atoms with Gasteiger partial charge in [0.2, 0.25) is 12.6 Å². The molecule has 2 aliphatic heterocycles. The van der Waals surface area contributed by atoms with Gasteiger partial charge in [-0.1, -0.05) is 0 Å². The van der Waals surface area contributed by atoms with Crippen LogP contribution < -0.4 is 20.1 Å². The fraction of sp³-hybridized carbons (Fsp3) is 0.316. The monoisotopic (exact) mass is 776 g/mol. The van der Waals surface area contributed by atoms with Crippen LogP contribution in [0, 0.1) is 0 Å². The van der Waals surface area contributed by atoms with Crippen LogP contribution in [0.3, 0.4) is 0 Å². The van der Waals surface area contributed by atoms with Crippen molar-refractivity contribution in [2.24, 2.45) is 10.2 Å². The minimum absolute atomic E-state index is 0.244. The minimum Gasteiger partial charge on any atom is -0.462 e. The van der Waals surface area contributed by atoms with Crippen molar-refractivity contribution >= 4 is 34.6 Å². The summed E-state index contributed by atoms with van der Waals surface area (Å²) in [5.41, 5.74) is 2.51. The lowest BCUT2D eigenvalue weighted by Crippen LogP contribution is -2.60. The molecule has 56 heavy (non-hydrogen) atoms. The highest BCUT2D eigenvalue weighted by atomic mass is 16.7. The number of amides is 2. The van der Waals surface area contributed by atoms with Gasteiger partial charge in [0.15, 0.2) is 0 Å². The molecule has 6 rings (SSSR count). The highest BCUT2D eigenvalue weighted by molar-refractivity contribution is 6.05. The first-order valence-corrected chi connectivity index (χ1v) is 17.3. The zero-order valence-electron chi connectivity index (χ0n) is 29.3. The molecule has 10 atom stereocenters. The Bertz CT molecular complexity index is 1800. The maximum atomic E-state index is 12.8. The van der Waals surface area contributed by atoms with E-state index in [1.807, 2.05) is 0 Å². The lowest BCUT2D eigenvalue weighted by Gasteiger charge is -2.39. The molecule has 2 aliphatic rings. The molecule has 2 saturated heterocycles. The molecule has 0 aliphatic carbocycles. The normalized spacial score (nSPS) is 27.7. The number of rotatable bonds is 12. The van der Waals surface area contributed by atoms with Gasteiger partial charge in [0, 0.05) is 22.5 Å². The van der Waals surface area contributed by atoms with E-state index in [2.05, 4.69) is 20.9 Å². The fourth-order valence-electron chi connectivity index (χ4n) is 5.71. The summed E-state index contributed by atoms with van der Waals surface area (Å²) >= 11 is 0. The lowest BCUT2D eigenvalue weighted by molar-refractivity contribution is -0.277. The average molecular weight is 777 g/mol. The van der Waals surface area contributed by atoms with Crippen molar-refractivity contribution in [3.63, 3.8) is 0 Å². The van der Waals surface area contributed by atoms with Crippen LogP contribution >= 0.6 is 0 Å². The van der Waals surface area contributed by atoms with Crippen molar-refractivity contribution in [1.29, 1.82) is 0 Å². The first-order valence-electron chi connectivity index (χ1n) is 17.3. The Kier molecular flexibility index (Phi) is 13.0. The minimum atomic E-state index is -1.58. The van der Waals surface area contributed by atoms with Crippen LogP contribution in [0.5, 0.6) is 11.5 Å². The first kappa shape index (κ1) is 40.3. The fourth-order valence-corrected chi connectivity index (χ4v) is 5.71. The molecule has 0 spiro atoms. The Morgan fingerprint density at radius 3 is 1.16 bits per heavy atom. The highest BCUT2D eigenvalue weighted by Gasteiger charge is 2.45. The predicted molar refractivity (Wildman–Crippen MR) is 195 cm³/mol. The third-order valence-electron chi connectivity index (χ3n) is 8.97. The molecule has 18 heteroatoms. The van der Waals surface area contributed by atoms with Crippen molar-refractivity contribution in [2.75, 3.05) is 23.8 Å². The second-order valence-electron chi connectivity index (χ2n) is 12.9. The van der Waals surface area contributed by atoms with Gasteiger partial charge < -0.3 is 70.4 Å². The largest absolute Gasteiger partial charge is 0.462 e. The zero-order chi connectivity index (χ0) is 39.9. The number of carbonyl (C=O) groups excluding carboxylic acids is 2.